The molecule has 0 spiro atoms. The lowest BCUT2D eigenvalue weighted by Crippen LogP contribution is -2.34. The summed E-state index contributed by atoms with van der Waals surface area (Å²) < 4.78 is 2.08. The lowest BCUT2D eigenvalue weighted by Gasteiger charge is -2.29. The molecule has 1 aromatic carbocycles. The third-order valence-electron chi connectivity index (χ3n) is 2.92. The molecule has 1 aliphatic rings. The van der Waals surface area contributed by atoms with Gasteiger partial charge in [0.15, 0.2) is 5.43 Å². The molecule has 0 saturated heterocycles. The molecule has 0 saturated carbocycles. The highest BCUT2D eigenvalue weighted by Gasteiger charge is 2.17. The van der Waals surface area contributed by atoms with E-state index in [-0.39, 0.29) is 5.43 Å². The summed E-state index contributed by atoms with van der Waals surface area (Å²) in [6, 6.07) is 5.94. The molecule has 2 aromatic rings. The zero-order valence-corrected chi connectivity index (χ0v) is 10.0. The molecule has 0 amide bonds. The van der Waals surface area contributed by atoms with E-state index in [0.717, 1.165) is 22.3 Å². The number of nitrogens with zero attached hydrogens (tertiary/aromatic N) is 2. The third kappa shape index (κ3) is 1.19. The monoisotopic (exact) mass is 232 g/mol. The summed E-state index contributed by atoms with van der Waals surface area (Å²) in [6.07, 6.45) is 1.92. The van der Waals surface area contributed by atoms with Crippen molar-refractivity contribution in [1.82, 2.24) is 4.68 Å². The van der Waals surface area contributed by atoms with Crippen molar-refractivity contribution in [1.29, 1.82) is 0 Å². The minimum atomic E-state index is 0.143. The Bertz CT molecular complexity index is 633. The molecular formula is C12H12N2OS. The van der Waals surface area contributed by atoms with E-state index in [1.54, 1.807) is 11.8 Å². The van der Waals surface area contributed by atoms with Crippen LogP contribution < -0.4 is 10.4 Å². The standard InChI is InChI=1S/C12H12N2OS/c1-8-6-14-11-9(12(8)15)4-3-5-10(11)16-7-13(14)2/h3-6H,7H2,1-2H3. The zero-order valence-electron chi connectivity index (χ0n) is 9.23. The molecule has 3 nitrogen and oxygen atoms in total. The van der Waals surface area contributed by atoms with Crippen molar-refractivity contribution in [2.24, 2.45) is 0 Å². The Morgan fingerprint density at radius 1 is 1.38 bits per heavy atom. The molecule has 3 rings (SSSR count). The van der Waals surface area contributed by atoms with Crippen molar-refractivity contribution < 1.29 is 0 Å². The largest absolute Gasteiger partial charge is 0.305 e. The SMILES string of the molecule is Cc1cn2c3c(cccc3c1=O)SCN2C. The summed E-state index contributed by atoms with van der Waals surface area (Å²) in [4.78, 5) is 13.2. The highest BCUT2D eigenvalue weighted by molar-refractivity contribution is 7.99. The van der Waals surface area contributed by atoms with Gasteiger partial charge in [0.2, 0.25) is 0 Å². The van der Waals surface area contributed by atoms with Gasteiger partial charge in [-0.2, -0.15) is 0 Å². The molecule has 1 aliphatic heterocycles. The molecule has 0 bridgehead atoms. The van der Waals surface area contributed by atoms with Crippen LogP contribution in [0.15, 0.2) is 34.1 Å². The average molecular weight is 232 g/mol. The van der Waals surface area contributed by atoms with Gasteiger partial charge in [0, 0.05) is 29.1 Å². The maximum Gasteiger partial charge on any atom is 0.192 e. The van der Waals surface area contributed by atoms with Gasteiger partial charge in [0.05, 0.1) is 11.4 Å². The van der Waals surface area contributed by atoms with Crippen LogP contribution in [-0.2, 0) is 0 Å². The van der Waals surface area contributed by atoms with Gasteiger partial charge in [0.25, 0.3) is 0 Å². The number of para-hydroxylation sites is 1. The predicted octanol–water partition coefficient (Wildman–Crippen LogP) is 1.94. The van der Waals surface area contributed by atoms with Crippen molar-refractivity contribution >= 4 is 22.7 Å². The fraction of sp³-hybridized carbons (Fsp3) is 0.250. The third-order valence-corrected chi connectivity index (χ3v) is 4.06. The fourth-order valence-corrected chi connectivity index (χ4v) is 3.04. The number of pyridine rings is 1. The van der Waals surface area contributed by atoms with Gasteiger partial charge in [-0.1, -0.05) is 6.07 Å². The van der Waals surface area contributed by atoms with Crippen LogP contribution in [0.2, 0.25) is 0 Å². The molecule has 0 unspecified atom stereocenters. The maximum absolute atomic E-state index is 12.0. The highest BCUT2D eigenvalue weighted by atomic mass is 32.2. The van der Waals surface area contributed by atoms with E-state index in [1.807, 2.05) is 32.3 Å². The van der Waals surface area contributed by atoms with Crippen LogP contribution in [0, 0.1) is 6.92 Å². The van der Waals surface area contributed by atoms with E-state index < -0.39 is 0 Å². The first-order valence-corrected chi connectivity index (χ1v) is 6.16. The van der Waals surface area contributed by atoms with Gasteiger partial charge in [-0.05, 0) is 19.1 Å². The van der Waals surface area contributed by atoms with Crippen LogP contribution in [0.3, 0.4) is 0 Å². The van der Waals surface area contributed by atoms with Gasteiger partial charge in [0.1, 0.15) is 0 Å². The lowest BCUT2D eigenvalue weighted by molar-refractivity contribution is 0.722. The Hall–Kier alpha value is -1.42. The number of rotatable bonds is 0. The summed E-state index contributed by atoms with van der Waals surface area (Å²) in [6.45, 7) is 1.87. The average Bonchev–Trinajstić information content (AvgIpc) is 2.29. The van der Waals surface area contributed by atoms with Crippen molar-refractivity contribution in [2.75, 3.05) is 17.9 Å². The minimum Gasteiger partial charge on any atom is -0.305 e. The molecular weight excluding hydrogens is 220 g/mol. The van der Waals surface area contributed by atoms with Gasteiger partial charge in [-0.3, -0.25) is 9.47 Å². The Balaban J connectivity index is 2.56. The van der Waals surface area contributed by atoms with Crippen LogP contribution in [0.1, 0.15) is 5.56 Å². The second-order valence-electron chi connectivity index (χ2n) is 4.07. The molecule has 0 atom stereocenters. The number of aryl methyl sites for hydroxylation is 1. The lowest BCUT2D eigenvalue weighted by atomic mass is 10.1. The number of hydrogen-bond acceptors (Lipinski definition) is 3. The van der Waals surface area contributed by atoms with Gasteiger partial charge < -0.3 is 5.01 Å². The smallest absolute Gasteiger partial charge is 0.192 e. The van der Waals surface area contributed by atoms with E-state index in [9.17, 15) is 4.79 Å². The topological polar surface area (TPSA) is 25.2 Å². The Morgan fingerprint density at radius 2 is 2.19 bits per heavy atom. The zero-order chi connectivity index (χ0) is 11.3. The van der Waals surface area contributed by atoms with Crippen molar-refractivity contribution in [3.8, 4) is 0 Å². The Labute approximate surface area is 97.6 Å². The Kier molecular flexibility index (Phi) is 2.01. The van der Waals surface area contributed by atoms with Crippen molar-refractivity contribution in [3.05, 3.63) is 40.2 Å². The molecule has 0 aliphatic carbocycles. The quantitative estimate of drug-likeness (QED) is 0.694. The summed E-state index contributed by atoms with van der Waals surface area (Å²) in [5, 5.41) is 2.93. The summed E-state index contributed by atoms with van der Waals surface area (Å²) >= 11 is 1.77. The van der Waals surface area contributed by atoms with Crippen LogP contribution in [-0.4, -0.2) is 17.6 Å². The van der Waals surface area contributed by atoms with E-state index in [4.69, 9.17) is 0 Å². The molecule has 0 N–H and O–H groups in total. The Morgan fingerprint density at radius 3 is 3.00 bits per heavy atom. The van der Waals surface area contributed by atoms with E-state index in [2.05, 4.69) is 15.8 Å². The van der Waals surface area contributed by atoms with E-state index in [1.165, 1.54) is 4.90 Å². The first-order valence-electron chi connectivity index (χ1n) is 5.17. The van der Waals surface area contributed by atoms with Crippen LogP contribution in [0.25, 0.3) is 10.9 Å². The first kappa shape index (κ1) is 9.78. The molecule has 2 heterocycles. The number of hydrogen-bond donors (Lipinski definition) is 0. The van der Waals surface area contributed by atoms with Crippen molar-refractivity contribution in [3.63, 3.8) is 0 Å². The molecule has 4 heteroatoms. The number of benzene rings is 1. The summed E-state index contributed by atoms with van der Waals surface area (Å²) in [7, 11) is 2.03. The molecule has 0 fully saturated rings. The van der Waals surface area contributed by atoms with Gasteiger partial charge in [-0.25, -0.2) is 0 Å². The predicted molar refractivity (Wildman–Crippen MR) is 67.8 cm³/mol. The van der Waals surface area contributed by atoms with Gasteiger partial charge >= 0.3 is 0 Å². The highest BCUT2D eigenvalue weighted by Crippen LogP contribution is 2.30. The second-order valence-corrected chi connectivity index (χ2v) is 5.06. The number of thioether (sulfide) groups is 1. The van der Waals surface area contributed by atoms with E-state index in [0.29, 0.717) is 0 Å². The van der Waals surface area contributed by atoms with Crippen LogP contribution in [0.4, 0.5) is 0 Å². The summed E-state index contributed by atoms with van der Waals surface area (Å²) in [5.74, 6) is 0.911. The molecule has 0 radical (unpaired) electrons. The van der Waals surface area contributed by atoms with Crippen LogP contribution in [0.5, 0.6) is 0 Å². The fourth-order valence-electron chi connectivity index (χ4n) is 2.07. The second kappa shape index (κ2) is 3.28. The number of aromatic nitrogens is 1. The summed E-state index contributed by atoms with van der Waals surface area (Å²) in [5.41, 5.74) is 1.98. The first-order chi connectivity index (χ1) is 7.68. The maximum atomic E-state index is 12.0. The molecule has 82 valence electrons. The van der Waals surface area contributed by atoms with Crippen molar-refractivity contribution in [2.45, 2.75) is 11.8 Å². The molecule has 16 heavy (non-hydrogen) atoms. The van der Waals surface area contributed by atoms with Crippen LogP contribution >= 0.6 is 11.8 Å². The van der Waals surface area contributed by atoms with E-state index >= 15 is 0 Å². The normalized spacial score (nSPS) is 14.5. The minimum absolute atomic E-state index is 0.143. The molecule has 1 aromatic heterocycles. The van der Waals surface area contributed by atoms with Gasteiger partial charge in [-0.15, -0.1) is 11.8 Å².